The zero-order valence-electron chi connectivity index (χ0n) is 15.7. The molecule has 2 amide bonds. The molecule has 1 heterocycles. The molecule has 0 saturated carbocycles. The Labute approximate surface area is 158 Å². The van der Waals surface area contributed by atoms with Crippen LogP contribution in [0.5, 0.6) is 11.5 Å². The number of rotatable bonds is 8. The molecule has 1 saturated heterocycles. The van der Waals surface area contributed by atoms with Gasteiger partial charge in [0, 0.05) is 25.6 Å². The lowest BCUT2D eigenvalue weighted by molar-refractivity contribution is -0.158. The van der Waals surface area contributed by atoms with Crippen molar-refractivity contribution in [2.24, 2.45) is 5.92 Å². The number of amides is 2. The van der Waals surface area contributed by atoms with E-state index in [1.807, 2.05) is 0 Å². The molecule has 0 radical (unpaired) electrons. The molecule has 2 rings (SSSR count). The highest BCUT2D eigenvalue weighted by molar-refractivity contribution is 6.00. The van der Waals surface area contributed by atoms with Crippen LogP contribution in [0, 0.1) is 5.92 Å². The average Bonchev–Trinajstić information content (AvgIpc) is 3.06. The third-order valence-electron chi connectivity index (χ3n) is 4.22. The van der Waals surface area contributed by atoms with Crippen molar-refractivity contribution in [2.75, 3.05) is 32.2 Å². The summed E-state index contributed by atoms with van der Waals surface area (Å²) in [5.41, 5.74) is 0.551. The minimum atomic E-state index is -0.947. The van der Waals surface area contributed by atoms with Crippen molar-refractivity contribution in [3.63, 3.8) is 0 Å². The molecule has 0 aliphatic carbocycles. The minimum Gasteiger partial charge on any atom is -0.497 e. The first-order chi connectivity index (χ1) is 12.9. The van der Waals surface area contributed by atoms with E-state index in [1.54, 1.807) is 18.2 Å². The van der Waals surface area contributed by atoms with Gasteiger partial charge in [-0.1, -0.05) is 6.08 Å². The molecule has 146 valence electrons. The third-order valence-corrected chi connectivity index (χ3v) is 4.22. The number of esters is 1. The summed E-state index contributed by atoms with van der Waals surface area (Å²) in [5.74, 6) is -0.810. The van der Waals surface area contributed by atoms with Crippen LogP contribution in [-0.2, 0) is 19.1 Å². The van der Waals surface area contributed by atoms with Crippen molar-refractivity contribution >= 4 is 23.5 Å². The number of carbonyl (C=O) groups is 3. The fourth-order valence-corrected chi connectivity index (χ4v) is 2.75. The van der Waals surface area contributed by atoms with Crippen LogP contribution >= 0.6 is 0 Å². The summed E-state index contributed by atoms with van der Waals surface area (Å²) in [4.78, 5) is 38.1. The maximum absolute atomic E-state index is 12.4. The van der Waals surface area contributed by atoms with Crippen LogP contribution in [0.3, 0.4) is 0 Å². The monoisotopic (exact) mass is 376 g/mol. The number of hydrogen-bond acceptors (Lipinski definition) is 6. The molecule has 1 aromatic carbocycles. The molecular formula is C19H24N2O6. The molecule has 1 aliphatic rings. The molecule has 8 nitrogen and oxygen atoms in total. The van der Waals surface area contributed by atoms with Crippen LogP contribution in [-0.4, -0.2) is 51.2 Å². The van der Waals surface area contributed by atoms with Crippen molar-refractivity contribution in [3.8, 4) is 11.5 Å². The Bertz CT molecular complexity index is 733. The lowest BCUT2D eigenvalue weighted by Gasteiger charge is -2.20. The predicted octanol–water partition coefficient (Wildman–Crippen LogP) is 1.29. The smallest absolute Gasteiger partial charge is 0.312 e. The molecule has 1 N–H and O–H groups in total. The number of carbonyl (C=O) groups excluding carboxylic acids is 3. The molecule has 27 heavy (non-hydrogen) atoms. The summed E-state index contributed by atoms with van der Waals surface area (Å²) in [5, 5.41) is 2.56. The summed E-state index contributed by atoms with van der Waals surface area (Å²) in [6, 6.07) is 5.08. The van der Waals surface area contributed by atoms with E-state index in [0.717, 1.165) is 0 Å². The van der Waals surface area contributed by atoms with Crippen molar-refractivity contribution in [2.45, 2.75) is 19.4 Å². The van der Waals surface area contributed by atoms with Gasteiger partial charge in [0.15, 0.2) is 6.10 Å². The maximum atomic E-state index is 12.4. The first kappa shape index (κ1) is 20.3. The van der Waals surface area contributed by atoms with E-state index >= 15 is 0 Å². The molecule has 1 aliphatic heterocycles. The highest BCUT2D eigenvalue weighted by Crippen LogP contribution is 2.36. The largest absolute Gasteiger partial charge is 0.497 e. The quantitative estimate of drug-likeness (QED) is 0.543. The van der Waals surface area contributed by atoms with Crippen molar-refractivity contribution in [1.82, 2.24) is 5.32 Å². The van der Waals surface area contributed by atoms with Crippen LogP contribution < -0.4 is 19.7 Å². The second kappa shape index (κ2) is 9.07. The summed E-state index contributed by atoms with van der Waals surface area (Å²) in [6.07, 6.45) is 0.592. The van der Waals surface area contributed by atoms with Crippen molar-refractivity contribution in [3.05, 3.63) is 30.9 Å². The Balaban J connectivity index is 2.05. The highest BCUT2D eigenvalue weighted by Gasteiger charge is 2.38. The van der Waals surface area contributed by atoms with Crippen LogP contribution in [0.2, 0.25) is 0 Å². The van der Waals surface area contributed by atoms with E-state index in [2.05, 4.69) is 11.9 Å². The van der Waals surface area contributed by atoms with Crippen molar-refractivity contribution in [1.29, 1.82) is 0 Å². The van der Waals surface area contributed by atoms with Crippen LogP contribution in [0.4, 0.5) is 5.69 Å². The first-order valence-corrected chi connectivity index (χ1v) is 8.52. The van der Waals surface area contributed by atoms with Gasteiger partial charge in [-0.05, 0) is 19.1 Å². The van der Waals surface area contributed by atoms with Gasteiger partial charge >= 0.3 is 5.97 Å². The summed E-state index contributed by atoms with van der Waals surface area (Å²) < 4.78 is 15.7. The van der Waals surface area contributed by atoms with Gasteiger partial charge in [0.25, 0.3) is 5.91 Å². The number of ether oxygens (including phenoxy) is 3. The SMILES string of the molecule is C=CCNC(=O)[C@@H](C)OC(=O)[C@@H]1CC(=O)N(c2ccc(OC)cc2OC)C1. The van der Waals surface area contributed by atoms with Crippen LogP contribution in [0.15, 0.2) is 30.9 Å². The highest BCUT2D eigenvalue weighted by atomic mass is 16.5. The van der Waals surface area contributed by atoms with Gasteiger partial charge in [0.1, 0.15) is 11.5 Å². The molecular weight excluding hydrogens is 352 g/mol. The van der Waals surface area contributed by atoms with Gasteiger partial charge in [0.2, 0.25) is 5.91 Å². The first-order valence-electron chi connectivity index (χ1n) is 8.52. The predicted molar refractivity (Wildman–Crippen MR) is 98.8 cm³/mol. The van der Waals surface area contributed by atoms with Gasteiger partial charge in [-0.2, -0.15) is 0 Å². The van der Waals surface area contributed by atoms with Gasteiger partial charge in [-0.25, -0.2) is 0 Å². The standard InChI is InChI=1S/C19H24N2O6/c1-5-8-20-18(23)12(2)27-19(24)13-9-17(22)21(11-13)15-7-6-14(25-3)10-16(15)26-4/h5-7,10,12-13H,1,8-9,11H2,2-4H3,(H,20,23)/t12-,13-/m1/s1. The number of nitrogens with zero attached hydrogens (tertiary/aromatic N) is 1. The van der Waals surface area contributed by atoms with E-state index in [0.29, 0.717) is 17.2 Å². The Morgan fingerprint density at radius 2 is 2.11 bits per heavy atom. The van der Waals surface area contributed by atoms with Gasteiger partial charge in [0.05, 0.1) is 25.8 Å². The molecule has 0 unspecified atom stereocenters. The van der Waals surface area contributed by atoms with Crippen molar-refractivity contribution < 1.29 is 28.6 Å². The molecule has 1 fully saturated rings. The van der Waals surface area contributed by atoms with E-state index in [-0.39, 0.29) is 25.4 Å². The number of methoxy groups -OCH3 is 2. The Hall–Kier alpha value is -3.03. The fraction of sp³-hybridized carbons (Fsp3) is 0.421. The summed E-state index contributed by atoms with van der Waals surface area (Å²) >= 11 is 0. The molecule has 0 aromatic heterocycles. The van der Waals surface area contributed by atoms with E-state index < -0.39 is 23.9 Å². The van der Waals surface area contributed by atoms with Crippen LogP contribution in [0.25, 0.3) is 0 Å². The maximum Gasteiger partial charge on any atom is 0.312 e. The van der Waals surface area contributed by atoms with Gasteiger partial charge < -0.3 is 24.4 Å². The topological polar surface area (TPSA) is 94.2 Å². The molecule has 8 heteroatoms. The Kier molecular flexibility index (Phi) is 6.81. The summed E-state index contributed by atoms with van der Waals surface area (Å²) in [7, 11) is 3.03. The fourth-order valence-electron chi connectivity index (χ4n) is 2.75. The molecule has 0 spiro atoms. The second-order valence-electron chi connectivity index (χ2n) is 6.06. The number of hydrogen-bond donors (Lipinski definition) is 1. The Morgan fingerprint density at radius 1 is 1.37 bits per heavy atom. The Morgan fingerprint density at radius 3 is 2.74 bits per heavy atom. The molecule has 0 bridgehead atoms. The summed E-state index contributed by atoms with van der Waals surface area (Å²) in [6.45, 7) is 5.43. The number of anilines is 1. The van der Waals surface area contributed by atoms with E-state index in [4.69, 9.17) is 14.2 Å². The molecule has 1 aromatic rings. The number of nitrogens with one attached hydrogen (secondary N) is 1. The van der Waals surface area contributed by atoms with Crippen LogP contribution in [0.1, 0.15) is 13.3 Å². The normalized spacial score (nSPS) is 17.2. The minimum absolute atomic E-state index is 0.00894. The lowest BCUT2D eigenvalue weighted by atomic mass is 10.1. The second-order valence-corrected chi connectivity index (χ2v) is 6.06. The molecule has 2 atom stereocenters. The average molecular weight is 376 g/mol. The lowest BCUT2D eigenvalue weighted by Crippen LogP contribution is -2.37. The van der Waals surface area contributed by atoms with Gasteiger partial charge in [-0.3, -0.25) is 14.4 Å². The zero-order valence-corrected chi connectivity index (χ0v) is 15.7. The van der Waals surface area contributed by atoms with Gasteiger partial charge in [-0.15, -0.1) is 6.58 Å². The van der Waals surface area contributed by atoms with E-state index in [1.165, 1.54) is 32.1 Å². The number of benzene rings is 1. The van der Waals surface area contributed by atoms with E-state index in [9.17, 15) is 14.4 Å². The zero-order chi connectivity index (χ0) is 20.0. The third kappa shape index (κ3) is 4.78.